The summed E-state index contributed by atoms with van der Waals surface area (Å²) in [5.41, 5.74) is 1.80. The van der Waals surface area contributed by atoms with Crippen molar-refractivity contribution in [1.29, 1.82) is 0 Å². The Morgan fingerprint density at radius 1 is 1.38 bits per heavy atom. The minimum atomic E-state index is -0.303. The number of fused-ring (bicyclic) bond motifs is 1. The van der Waals surface area contributed by atoms with Gasteiger partial charge in [-0.05, 0) is 37.5 Å². The predicted molar refractivity (Wildman–Crippen MR) is 86.9 cm³/mol. The number of nitrogens with one attached hydrogen (secondary N) is 1. The topological polar surface area (TPSA) is 66.8 Å². The lowest BCUT2D eigenvalue weighted by Crippen LogP contribution is -2.39. The summed E-state index contributed by atoms with van der Waals surface area (Å²) in [6.07, 6.45) is 6.17. The van der Waals surface area contributed by atoms with E-state index in [4.69, 9.17) is 0 Å². The maximum atomic E-state index is 13.4. The Labute approximate surface area is 138 Å². The molecule has 1 aromatic carbocycles. The first-order chi connectivity index (χ1) is 11.6. The zero-order valence-corrected chi connectivity index (χ0v) is 13.4. The van der Waals surface area contributed by atoms with Crippen LogP contribution in [0.3, 0.4) is 0 Å². The standard InChI is InChI=1S/C17H18FN5O/c1-22-9-14(19-10-22)17(24)23-7-3-2-4-15(23)16-20-12-6-5-11(18)8-13(12)21-16/h5-6,8-10,15H,2-4,7H2,1H3,(H,20,21)/t15-/m0/s1. The van der Waals surface area contributed by atoms with E-state index in [2.05, 4.69) is 15.0 Å². The summed E-state index contributed by atoms with van der Waals surface area (Å²) in [6, 6.07) is 4.34. The van der Waals surface area contributed by atoms with E-state index in [1.807, 2.05) is 11.9 Å². The maximum absolute atomic E-state index is 13.4. The Morgan fingerprint density at radius 3 is 3.04 bits per heavy atom. The van der Waals surface area contributed by atoms with Crippen molar-refractivity contribution in [3.8, 4) is 0 Å². The van der Waals surface area contributed by atoms with Crippen molar-refractivity contribution >= 4 is 16.9 Å². The van der Waals surface area contributed by atoms with Gasteiger partial charge in [0.1, 0.15) is 17.3 Å². The first-order valence-electron chi connectivity index (χ1n) is 8.06. The van der Waals surface area contributed by atoms with E-state index in [-0.39, 0.29) is 17.8 Å². The number of benzene rings is 1. The molecular weight excluding hydrogens is 309 g/mol. The van der Waals surface area contributed by atoms with E-state index in [0.717, 1.165) is 19.3 Å². The number of carbonyl (C=O) groups is 1. The third-order valence-corrected chi connectivity index (χ3v) is 4.47. The zero-order valence-electron chi connectivity index (χ0n) is 13.4. The number of imidazole rings is 2. The molecule has 1 N–H and O–H groups in total. The van der Waals surface area contributed by atoms with E-state index in [1.165, 1.54) is 12.1 Å². The maximum Gasteiger partial charge on any atom is 0.274 e. The number of aryl methyl sites for hydroxylation is 1. The monoisotopic (exact) mass is 327 g/mol. The molecule has 6 nitrogen and oxygen atoms in total. The molecule has 1 amide bonds. The van der Waals surface area contributed by atoms with E-state index >= 15 is 0 Å². The molecule has 1 saturated heterocycles. The Kier molecular flexibility index (Phi) is 3.55. The number of nitrogens with zero attached hydrogens (tertiary/aromatic N) is 4. The second-order valence-corrected chi connectivity index (χ2v) is 6.22. The van der Waals surface area contributed by atoms with E-state index < -0.39 is 0 Å². The molecule has 1 aliphatic heterocycles. The Balaban J connectivity index is 1.69. The van der Waals surface area contributed by atoms with Crippen molar-refractivity contribution in [1.82, 2.24) is 24.4 Å². The van der Waals surface area contributed by atoms with Gasteiger partial charge in [-0.15, -0.1) is 0 Å². The highest BCUT2D eigenvalue weighted by molar-refractivity contribution is 5.92. The quantitative estimate of drug-likeness (QED) is 0.787. The summed E-state index contributed by atoms with van der Waals surface area (Å²) in [7, 11) is 1.84. The summed E-state index contributed by atoms with van der Waals surface area (Å²) in [4.78, 5) is 26.5. The first kappa shape index (κ1) is 14.9. The summed E-state index contributed by atoms with van der Waals surface area (Å²) in [6.45, 7) is 0.672. The highest BCUT2D eigenvalue weighted by Gasteiger charge is 2.31. The molecule has 0 aliphatic carbocycles. The van der Waals surface area contributed by atoms with Crippen LogP contribution < -0.4 is 0 Å². The van der Waals surface area contributed by atoms with Gasteiger partial charge in [-0.25, -0.2) is 14.4 Å². The van der Waals surface area contributed by atoms with Crippen LogP contribution in [0.15, 0.2) is 30.7 Å². The summed E-state index contributed by atoms with van der Waals surface area (Å²) in [5, 5.41) is 0. The second-order valence-electron chi connectivity index (χ2n) is 6.22. The Bertz CT molecular complexity index is 899. The SMILES string of the molecule is Cn1cnc(C(=O)N2CCCC[C@H]2c2nc3ccc(F)cc3[nH]2)c1. The molecule has 0 radical (unpaired) electrons. The van der Waals surface area contributed by atoms with Gasteiger partial charge in [0.05, 0.1) is 23.4 Å². The number of likely N-dealkylation sites (tertiary alicyclic amines) is 1. The van der Waals surface area contributed by atoms with Gasteiger partial charge in [0.2, 0.25) is 0 Å². The van der Waals surface area contributed by atoms with Crippen LogP contribution in [-0.2, 0) is 7.05 Å². The highest BCUT2D eigenvalue weighted by Crippen LogP contribution is 2.31. The van der Waals surface area contributed by atoms with Crippen LogP contribution in [0.4, 0.5) is 4.39 Å². The lowest BCUT2D eigenvalue weighted by Gasteiger charge is -2.34. The van der Waals surface area contributed by atoms with Crippen LogP contribution in [0.2, 0.25) is 0 Å². The molecule has 7 heteroatoms. The van der Waals surface area contributed by atoms with E-state index in [9.17, 15) is 9.18 Å². The number of amides is 1. The fraction of sp³-hybridized carbons (Fsp3) is 0.353. The molecule has 3 aromatic rings. The van der Waals surface area contributed by atoms with Gasteiger partial charge in [0.25, 0.3) is 5.91 Å². The van der Waals surface area contributed by atoms with Crippen LogP contribution >= 0.6 is 0 Å². The van der Waals surface area contributed by atoms with Crippen molar-refractivity contribution in [3.05, 3.63) is 48.1 Å². The average molecular weight is 327 g/mol. The number of carbonyl (C=O) groups excluding carboxylic acids is 1. The first-order valence-corrected chi connectivity index (χ1v) is 8.06. The fourth-order valence-corrected chi connectivity index (χ4v) is 3.29. The van der Waals surface area contributed by atoms with Gasteiger partial charge in [-0.3, -0.25) is 4.79 Å². The number of halogens is 1. The summed E-state index contributed by atoms with van der Waals surface area (Å²) in [5.74, 6) is 0.314. The molecule has 0 unspecified atom stereocenters. The van der Waals surface area contributed by atoms with Crippen LogP contribution in [0, 0.1) is 5.82 Å². The number of hydrogen-bond donors (Lipinski definition) is 1. The molecule has 1 fully saturated rings. The Hall–Kier alpha value is -2.70. The van der Waals surface area contributed by atoms with Gasteiger partial charge in [0, 0.05) is 19.8 Å². The molecule has 0 saturated carbocycles. The predicted octanol–water partition coefficient (Wildman–Crippen LogP) is 2.80. The number of H-pyrrole nitrogens is 1. The molecule has 24 heavy (non-hydrogen) atoms. The average Bonchev–Trinajstić information content (AvgIpc) is 3.20. The van der Waals surface area contributed by atoms with Gasteiger partial charge in [-0.2, -0.15) is 0 Å². The fourth-order valence-electron chi connectivity index (χ4n) is 3.29. The second kappa shape index (κ2) is 5.74. The molecular formula is C17H18FN5O. The van der Waals surface area contributed by atoms with Crippen LogP contribution in [0.5, 0.6) is 0 Å². The molecule has 124 valence electrons. The highest BCUT2D eigenvalue weighted by atomic mass is 19.1. The van der Waals surface area contributed by atoms with Crippen molar-refractivity contribution in [2.45, 2.75) is 25.3 Å². The third-order valence-electron chi connectivity index (χ3n) is 4.47. The smallest absolute Gasteiger partial charge is 0.274 e. The molecule has 1 atom stereocenters. The molecule has 0 spiro atoms. The van der Waals surface area contributed by atoms with Gasteiger partial charge in [-0.1, -0.05) is 0 Å². The van der Waals surface area contributed by atoms with E-state index in [0.29, 0.717) is 29.1 Å². The summed E-state index contributed by atoms with van der Waals surface area (Å²) >= 11 is 0. The van der Waals surface area contributed by atoms with Crippen LogP contribution in [0.25, 0.3) is 11.0 Å². The van der Waals surface area contributed by atoms with Crippen LogP contribution in [-0.4, -0.2) is 36.9 Å². The van der Waals surface area contributed by atoms with E-state index in [1.54, 1.807) is 23.2 Å². The summed E-state index contributed by atoms with van der Waals surface area (Å²) < 4.78 is 15.2. The minimum absolute atomic E-state index is 0.0908. The minimum Gasteiger partial charge on any atom is -0.340 e. The normalized spacial score (nSPS) is 18.2. The van der Waals surface area contributed by atoms with Gasteiger partial charge >= 0.3 is 0 Å². The van der Waals surface area contributed by atoms with Crippen LogP contribution in [0.1, 0.15) is 41.6 Å². The molecule has 1 aliphatic rings. The number of piperidine rings is 1. The van der Waals surface area contributed by atoms with Gasteiger partial charge < -0.3 is 14.5 Å². The zero-order chi connectivity index (χ0) is 16.7. The lowest BCUT2D eigenvalue weighted by molar-refractivity contribution is 0.0595. The molecule has 2 aromatic heterocycles. The number of hydrogen-bond acceptors (Lipinski definition) is 3. The van der Waals surface area contributed by atoms with Gasteiger partial charge in [0.15, 0.2) is 0 Å². The largest absolute Gasteiger partial charge is 0.340 e. The van der Waals surface area contributed by atoms with Crippen molar-refractivity contribution in [3.63, 3.8) is 0 Å². The number of rotatable bonds is 2. The molecule has 0 bridgehead atoms. The number of aromatic nitrogens is 4. The number of aromatic amines is 1. The van der Waals surface area contributed by atoms with Crippen molar-refractivity contribution in [2.75, 3.05) is 6.54 Å². The van der Waals surface area contributed by atoms with Crippen molar-refractivity contribution < 1.29 is 9.18 Å². The molecule has 3 heterocycles. The molecule has 4 rings (SSSR count). The lowest BCUT2D eigenvalue weighted by atomic mass is 10.0. The third kappa shape index (κ3) is 2.55. The van der Waals surface area contributed by atoms with Crippen molar-refractivity contribution in [2.24, 2.45) is 7.05 Å². The Morgan fingerprint density at radius 2 is 2.25 bits per heavy atom.